The topological polar surface area (TPSA) is 91.8 Å². The lowest BCUT2D eigenvalue weighted by atomic mass is 10.2. The number of thiazole rings is 1. The first-order valence-electron chi connectivity index (χ1n) is 6.71. The van der Waals surface area contributed by atoms with Crippen molar-refractivity contribution in [1.29, 1.82) is 0 Å². The van der Waals surface area contributed by atoms with Gasteiger partial charge in [-0.05, 0) is 5.92 Å². The van der Waals surface area contributed by atoms with Gasteiger partial charge >= 0.3 is 12.0 Å². The van der Waals surface area contributed by atoms with Crippen molar-refractivity contribution in [2.75, 3.05) is 19.0 Å². The van der Waals surface area contributed by atoms with E-state index >= 15 is 0 Å². The normalized spacial score (nSPS) is 21.8. The highest BCUT2D eigenvalue weighted by Gasteiger charge is 2.40. The van der Waals surface area contributed by atoms with Crippen LogP contribution < -0.4 is 5.32 Å². The van der Waals surface area contributed by atoms with Crippen LogP contribution >= 0.6 is 11.3 Å². The molecule has 1 saturated heterocycles. The molecule has 2 heterocycles. The number of hydrogen-bond donors (Lipinski definition) is 2. The van der Waals surface area contributed by atoms with Gasteiger partial charge in [0, 0.05) is 25.5 Å². The minimum atomic E-state index is -1.02. The molecule has 2 atom stereocenters. The lowest BCUT2D eigenvalue weighted by molar-refractivity contribution is -0.141. The number of nitrogens with one attached hydrogen (secondary N) is 1. The van der Waals surface area contributed by atoms with Gasteiger partial charge in [0.1, 0.15) is 6.04 Å². The number of carbonyl (C=O) groups excluding carboxylic acids is 1. The zero-order valence-corrected chi connectivity index (χ0v) is 13.0. The number of rotatable bonds is 4. The molecule has 21 heavy (non-hydrogen) atoms. The second-order valence-electron chi connectivity index (χ2n) is 5.26. The van der Waals surface area contributed by atoms with E-state index in [4.69, 9.17) is 4.74 Å². The first-order valence-corrected chi connectivity index (χ1v) is 7.59. The van der Waals surface area contributed by atoms with Crippen molar-refractivity contribution in [3.8, 4) is 0 Å². The largest absolute Gasteiger partial charge is 0.480 e. The van der Waals surface area contributed by atoms with Gasteiger partial charge in [-0.3, -0.25) is 5.32 Å². The number of amides is 2. The number of hydrogen-bond acceptors (Lipinski definition) is 5. The lowest BCUT2D eigenvalue weighted by Crippen LogP contribution is -2.43. The Morgan fingerprint density at radius 2 is 2.29 bits per heavy atom. The Morgan fingerprint density at radius 1 is 1.57 bits per heavy atom. The van der Waals surface area contributed by atoms with E-state index in [2.05, 4.69) is 10.3 Å². The van der Waals surface area contributed by atoms with Crippen LogP contribution in [0.25, 0.3) is 0 Å². The van der Waals surface area contributed by atoms with Crippen molar-refractivity contribution in [2.24, 2.45) is 0 Å². The van der Waals surface area contributed by atoms with Crippen LogP contribution in [-0.2, 0) is 9.53 Å². The number of ether oxygens (including phenoxy) is 1. The average Bonchev–Trinajstić information content (AvgIpc) is 3.04. The molecule has 1 aromatic heterocycles. The van der Waals surface area contributed by atoms with Gasteiger partial charge in [-0.15, -0.1) is 11.3 Å². The van der Waals surface area contributed by atoms with Crippen LogP contribution in [0.5, 0.6) is 0 Å². The molecule has 2 unspecified atom stereocenters. The van der Waals surface area contributed by atoms with E-state index < -0.39 is 18.0 Å². The Hall–Kier alpha value is -1.67. The maximum absolute atomic E-state index is 12.2. The van der Waals surface area contributed by atoms with Gasteiger partial charge in [0.25, 0.3) is 0 Å². The van der Waals surface area contributed by atoms with Gasteiger partial charge in [0.15, 0.2) is 5.13 Å². The Morgan fingerprint density at radius 3 is 2.81 bits per heavy atom. The van der Waals surface area contributed by atoms with E-state index in [0.29, 0.717) is 11.6 Å². The van der Waals surface area contributed by atoms with E-state index in [9.17, 15) is 14.7 Å². The molecular formula is C13H19N3O4S. The summed E-state index contributed by atoms with van der Waals surface area (Å²) in [5.74, 6) is -0.741. The SMILES string of the molecule is COC1CC(C(=O)O)N(C(=O)Nc2nc(C(C)C)cs2)C1. The smallest absolute Gasteiger partial charge is 0.326 e. The van der Waals surface area contributed by atoms with Gasteiger partial charge in [-0.1, -0.05) is 13.8 Å². The predicted molar refractivity (Wildman–Crippen MR) is 78.8 cm³/mol. The van der Waals surface area contributed by atoms with Gasteiger partial charge in [-0.2, -0.15) is 0 Å². The van der Waals surface area contributed by atoms with Crippen LogP contribution in [0.3, 0.4) is 0 Å². The summed E-state index contributed by atoms with van der Waals surface area (Å²) in [6.45, 7) is 4.30. The van der Waals surface area contributed by atoms with Crippen molar-refractivity contribution in [3.63, 3.8) is 0 Å². The number of anilines is 1. The molecule has 2 rings (SSSR count). The summed E-state index contributed by atoms with van der Waals surface area (Å²) in [4.78, 5) is 29.1. The second kappa shape index (κ2) is 6.40. The standard InChI is InChI=1S/C13H19N3O4S/c1-7(2)9-6-21-12(14-9)15-13(19)16-5-8(20-3)4-10(16)11(17)18/h6-8,10H,4-5H2,1-3H3,(H,17,18)(H,14,15,19). The average molecular weight is 313 g/mol. The molecule has 1 aliphatic rings. The molecule has 0 aromatic carbocycles. The first kappa shape index (κ1) is 15.7. The molecular weight excluding hydrogens is 294 g/mol. The Balaban J connectivity index is 2.05. The highest BCUT2D eigenvalue weighted by Crippen LogP contribution is 2.24. The van der Waals surface area contributed by atoms with Crippen LogP contribution in [0, 0.1) is 0 Å². The number of carboxylic acid groups (broad SMARTS) is 1. The van der Waals surface area contributed by atoms with Crippen molar-refractivity contribution in [1.82, 2.24) is 9.88 Å². The summed E-state index contributed by atoms with van der Waals surface area (Å²) in [6, 6.07) is -1.31. The van der Waals surface area contributed by atoms with E-state index in [0.717, 1.165) is 5.69 Å². The van der Waals surface area contributed by atoms with Crippen molar-refractivity contribution in [3.05, 3.63) is 11.1 Å². The minimum Gasteiger partial charge on any atom is -0.480 e. The van der Waals surface area contributed by atoms with Crippen LogP contribution in [0.2, 0.25) is 0 Å². The number of carboxylic acids is 1. The number of urea groups is 1. The third kappa shape index (κ3) is 3.51. The van der Waals surface area contributed by atoms with Crippen molar-refractivity contribution >= 4 is 28.5 Å². The quantitative estimate of drug-likeness (QED) is 0.886. The molecule has 2 N–H and O–H groups in total. The van der Waals surface area contributed by atoms with E-state index in [1.165, 1.54) is 23.3 Å². The molecule has 1 fully saturated rings. The molecule has 116 valence electrons. The summed E-state index contributed by atoms with van der Waals surface area (Å²) in [5, 5.41) is 14.2. The molecule has 0 spiro atoms. The number of methoxy groups -OCH3 is 1. The Kier molecular flexibility index (Phi) is 4.79. The molecule has 0 bridgehead atoms. The molecule has 1 aromatic rings. The van der Waals surface area contributed by atoms with E-state index in [-0.39, 0.29) is 18.6 Å². The molecule has 8 heteroatoms. The number of aromatic nitrogens is 1. The molecule has 1 aliphatic heterocycles. The fourth-order valence-corrected chi connectivity index (χ4v) is 3.06. The van der Waals surface area contributed by atoms with Gasteiger partial charge < -0.3 is 14.7 Å². The molecule has 2 amide bonds. The monoisotopic (exact) mass is 313 g/mol. The van der Waals surface area contributed by atoms with E-state index in [1.54, 1.807) is 0 Å². The van der Waals surface area contributed by atoms with Crippen LogP contribution in [0.1, 0.15) is 31.9 Å². The maximum Gasteiger partial charge on any atom is 0.326 e. The van der Waals surface area contributed by atoms with E-state index in [1.807, 2.05) is 19.2 Å². The maximum atomic E-state index is 12.2. The van der Waals surface area contributed by atoms with Crippen molar-refractivity contribution in [2.45, 2.75) is 38.3 Å². The highest BCUT2D eigenvalue weighted by molar-refractivity contribution is 7.13. The van der Waals surface area contributed by atoms with Crippen LogP contribution in [0.4, 0.5) is 9.93 Å². The lowest BCUT2D eigenvalue weighted by Gasteiger charge is -2.20. The minimum absolute atomic E-state index is 0.251. The second-order valence-corrected chi connectivity index (χ2v) is 6.12. The Bertz CT molecular complexity index is 531. The predicted octanol–water partition coefficient (Wildman–Crippen LogP) is 1.97. The highest BCUT2D eigenvalue weighted by atomic mass is 32.1. The molecule has 7 nitrogen and oxygen atoms in total. The first-order chi connectivity index (χ1) is 9.92. The van der Waals surface area contributed by atoms with Crippen LogP contribution in [0.15, 0.2) is 5.38 Å². The Labute approximate surface area is 126 Å². The van der Waals surface area contributed by atoms with Gasteiger partial charge in [0.2, 0.25) is 0 Å². The fraction of sp³-hybridized carbons (Fsp3) is 0.615. The third-order valence-electron chi connectivity index (χ3n) is 3.47. The van der Waals surface area contributed by atoms with Crippen LogP contribution in [-0.4, -0.2) is 52.8 Å². The molecule has 0 aliphatic carbocycles. The van der Waals surface area contributed by atoms with Gasteiger partial charge in [-0.25, -0.2) is 14.6 Å². The summed E-state index contributed by atoms with van der Waals surface area (Å²) in [7, 11) is 1.51. The summed E-state index contributed by atoms with van der Waals surface area (Å²) >= 11 is 1.33. The number of likely N-dealkylation sites (tertiary alicyclic amines) is 1. The zero-order chi connectivity index (χ0) is 15.6. The fourth-order valence-electron chi connectivity index (χ4n) is 2.20. The number of carbonyl (C=O) groups is 2. The molecule has 0 radical (unpaired) electrons. The van der Waals surface area contributed by atoms with Gasteiger partial charge in [0.05, 0.1) is 11.8 Å². The number of aliphatic carboxylic acids is 1. The third-order valence-corrected chi connectivity index (χ3v) is 4.25. The van der Waals surface area contributed by atoms with Crippen molar-refractivity contribution < 1.29 is 19.4 Å². The summed E-state index contributed by atoms with van der Waals surface area (Å²) in [5.41, 5.74) is 0.904. The summed E-state index contributed by atoms with van der Waals surface area (Å²) in [6.07, 6.45) is 0.0494. The number of nitrogens with zero attached hydrogens (tertiary/aromatic N) is 2. The zero-order valence-electron chi connectivity index (χ0n) is 12.2. The molecule has 0 saturated carbocycles. The summed E-state index contributed by atoms with van der Waals surface area (Å²) < 4.78 is 5.16.